The van der Waals surface area contributed by atoms with Crippen LogP contribution in [-0.4, -0.2) is 29.5 Å². The molecule has 0 atom stereocenters. The van der Waals surface area contributed by atoms with Crippen LogP contribution >= 0.6 is 11.3 Å². The predicted octanol–water partition coefficient (Wildman–Crippen LogP) is 6.92. The molecular formula is C24H32N2OS. The van der Waals surface area contributed by atoms with Gasteiger partial charge in [-0.1, -0.05) is 62.3 Å². The van der Waals surface area contributed by atoms with Crippen molar-refractivity contribution in [1.29, 1.82) is 0 Å². The topological polar surface area (TPSA) is 25.4 Å². The molecule has 0 N–H and O–H groups in total. The minimum Gasteiger partial charge on any atom is -0.431 e. The van der Waals surface area contributed by atoms with Gasteiger partial charge in [-0.05, 0) is 75.1 Å². The van der Waals surface area contributed by atoms with Gasteiger partial charge in [-0.25, -0.2) is 4.98 Å². The predicted molar refractivity (Wildman–Crippen MR) is 121 cm³/mol. The summed E-state index contributed by atoms with van der Waals surface area (Å²) in [6.07, 6.45) is 7.50. The van der Waals surface area contributed by atoms with Crippen LogP contribution in [0.25, 0.3) is 10.2 Å². The Balaban J connectivity index is 1.48. The minimum atomic E-state index is 0.705. The summed E-state index contributed by atoms with van der Waals surface area (Å²) in [5.41, 5.74) is 2.37. The third kappa shape index (κ3) is 6.32. The average molecular weight is 397 g/mol. The number of nitrogens with zero attached hydrogens (tertiary/aromatic N) is 2. The summed E-state index contributed by atoms with van der Waals surface area (Å²) >= 11 is 1.59. The molecule has 150 valence electrons. The van der Waals surface area contributed by atoms with E-state index in [4.69, 9.17) is 4.74 Å². The van der Waals surface area contributed by atoms with Gasteiger partial charge in [0.2, 0.25) is 0 Å². The van der Waals surface area contributed by atoms with Gasteiger partial charge in [0.15, 0.2) is 0 Å². The highest BCUT2D eigenvalue weighted by molar-refractivity contribution is 7.20. The van der Waals surface area contributed by atoms with E-state index < -0.39 is 0 Å². The maximum Gasteiger partial charge on any atom is 0.279 e. The lowest BCUT2D eigenvalue weighted by Crippen LogP contribution is -2.27. The van der Waals surface area contributed by atoms with E-state index in [1.54, 1.807) is 11.3 Å². The van der Waals surface area contributed by atoms with Crippen LogP contribution in [0.5, 0.6) is 10.9 Å². The average Bonchev–Trinajstić information content (AvgIpc) is 3.13. The van der Waals surface area contributed by atoms with Crippen LogP contribution in [0.1, 0.15) is 51.5 Å². The SMILES string of the molecule is CCCCN(CCCC)CCCc1ccc(Oc2nc3ccccc3s2)cc1. The third-order valence-electron chi connectivity index (χ3n) is 5.00. The van der Waals surface area contributed by atoms with E-state index in [9.17, 15) is 0 Å². The van der Waals surface area contributed by atoms with Crippen molar-refractivity contribution in [2.24, 2.45) is 0 Å². The van der Waals surface area contributed by atoms with Crippen molar-refractivity contribution in [2.45, 2.75) is 52.4 Å². The molecule has 0 aliphatic rings. The lowest BCUT2D eigenvalue weighted by molar-refractivity contribution is 0.262. The molecule has 0 bridgehead atoms. The van der Waals surface area contributed by atoms with Crippen LogP contribution in [0.4, 0.5) is 0 Å². The molecule has 0 aliphatic heterocycles. The van der Waals surface area contributed by atoms with Crippen molar-refractivity contribution in [3.8, 4) is 10.9 Å². The van der Waals surface area contributed by atoms with Crippen molar-refractivity contribution in [2.75, 3.05) is 19.6 Å². The minimum absolute atomic E-state index is 0.705. The molecule has 0 saturated carbocycles. The summed E-state index contributed by atoms with van der Waals surface area (Å²) in [5, 5.41) is 0.705. The summed E-state index contributed by atoms with van der Waals surface area (Å²) in [6.45, 7) is 8.23. The zero-order chi connectivity index (χ0) is 19.6. The molecule has 3 rings (SSSR count). The van der Waals surface area contributed by atoms with Crippen molar-refractivity contribution in [1.82, 2.24) is 9.88 Å². The van der Waals surface area contributed by atoms with E-state index in [1.807, 2.05) is 18.2 Å². The number of benzene rings is 2. The molecule has 0 aliphatic carbocycles. The van der Waals surface area contributed by atoms with Crippen LogP contribution in [0.2, 0.25) is 0 Å². The van der Waals surface area contributed by atoms with E-state index in [-0.39, 0.29) is 0 Å². The Morgan fingerprint density at radius 3 is 2.21 bits per heavy atom. The van der Waals surface area contributed by atoms with Crippen molar-refractivity contribution >= 4 is 21.6 Å². The Morgan fingerprint density at radius 2 is 1.54 bits per heavy atom. The second kappa shape index (κ2) is 11.2. The van der Waals surface area contributed by atoms with Gasteiger partial charge >= 0.3 is 0 Å². The molecule has 0 radical (unpaired) electrons. The molecule has 1 heterocycles. The number of hydrogen-bond donors (Lipinski definition) is 0. The molecule has 28 heavy (non-hydrogen) atoms. The van der Waals surface area contributed by atoms with Gasteiger partial charge < -0.3 is 9.64 Å². The van der Waals surface area contributed by atoms with E-state index >= 15 is 0 Å². The zero-order valence-corrected chi connectivity index (χ0v) is 18.0. The highest BCUT2D eigenvalue weighted by Crippen LogP contribution is 2.31. The number of para-hydroxylation sites is 1. The summed E-state index contributed by atoms with van der Waals surface area (Å²) in [4.78, 5) is 7.18. The molecule has 0 amide bonds. The fourth-order valence-corrected chi connectivity index (χ4v) is 4.16. The maximum atomic E-state index is 5.95. The first-order chi connectivity index (χ1) is 13.8. The number of rotatable bonds is 12. The van der Waals surface area contributed by atoms with Gasteiger partial charge in [-0.2, -0.15) is 0 Å². The summed E-state index contributed by atoms with van der Waals surface area (Å²) < 4.78 is 7.11. The van der Waals surface area contributed by atoms with Crippen LogP contribution in [0.3, 0.4) is 0 Å². The number of aromatic nitrogens is 1. The molecule has 0 fully saturated rings. The summed E-state index contributed by atoms with van der Waals surface area (Å²) in [7, 11) is 0. The number of thiazole rings is 1. The fourth-order valence-electron chi connectivity index (χ4n) is 3.33. The molecule has 3 aromatic rings. The monoisotopic (exact) mass is 396 g/mol. The van der Waals surface area contributed by atoms with Gasteiger partial charge in [-0.15, -0.1) is 0 Å². The number of aryl methyl sites for hydroxylation is 1. The molecule has 1 aromatic heterocycles. The molecule has 4 heteroatoms. The van der Waals surface area contributed by atoms with Crippen molar-refractivity contribution in [3.63, 3.8) is 0 Å². The standard InChI is InChI=1S/C24H32N2OS/c1-3-5-17-26(18-6-4-2)19-9-10-20-13-15-21(16-14-20)27-24-25-22-11-7-8-12-23(22)28-24/h7-8,11-16H,3-6,9-10,17-19H2,1-2H3. The van der Waals surface area contributed by atoms with Gasteiger partial charge in [0.25, 0.3) is 5.19 Å². The first kappa shape index (κ1) is 20.8. The van der Waals surface area contributed by atoms with E-state index in [0.717, 1.165) is 22.4 Å². The quantitative estimate of drug-likeness (QED) is 0.332. The first-order valence-electron chi connectivity index (χ1n) is 10.6. The van der Waals surface area contributed by atoms with Crippen molar-refractivity contribution < 1.29 is 4.74 Å². The molecule has 0 saturated heterocycles. The maximum absolute atomic E-state index is 5.95. The van der Waals surface area contributed by atoms with Gasteiger partial charge in [0, 0.05) is 0 Å². The van der Waals surface area contributed by atoms with E-state index in [2.05, 4.69) is 54.1 Å². The largest absolute Gasteiger partial charge is 0.431 e. The third-order valence-corrected chi connectivity index (χ3v) is 5.91. The smallest absolute Gasteiger partial charge is 0.279 e. The lowest BCUT2D eigenvalue weighted by atomic mass is 10.1. The number of ether oxygens (including phenoxy) is 1. The van der Waals surface area contributed by atoms with Gasteiger partial charge in [0.1, 0.15) is 5.75 Å². The van der Waals surface area contributed by atoms with Crippen LogP contribution < -0.4 is 4.74 Å². The van der Waals surface area contributed by atoms with Gasteiger partial charge in [0.05, 0.1) is 10.2 Å². The molecular weight excluding hydrogens is 364 g/mol. The molecule has 0 spiro atoms. The molecule has 0 unspecified atom stereocenters. The van der Waals surface area contributed by atoms with E-state index in [0.29, 0.717) is 5.19 Å². The Bertz CT molecular complexity index is 787. The Kier molecular flexibility index (Phi) is 8.31. The zero-order valence-electron chi connectivity index (χ0n) is 17.2. The Hall–Kier alpha value is -1.91. The van der Waals surface area contributed by atoms with Crippen LogP contribution in [0, 0.1) is 0 Å². The highest BCUT2D eigenvalue weighted by atomic mass is 32.1. The number of fused-ring (bicyclic) bond motifs is 1. The van der Waals surface area contributed by atoms with E-state index in [1.165, 1.54) is 57.3 Å². The number of unbranched alkanes of at least 4 members (excludes halogenated alkanes) is 2. The first-order valence-corrected chi connectivity index (χ1v) is 11.4. The van der Waals surface area contributed by atoms with Crippen molar-refractivity contribution in [3.05, 3.63) is 54.1 Å². The number of hydrogen-bond acceptors (Lipinski definition) is 4. The summed E-state index contributed by atoms with van der Waals surface area (Å²) in [6, 6.07) is 16.6. The summed E-state index contributed by atoms with van der Waals surface area (Å²) in [5.74, 6) is 0.857. The molecule has 2 aromatic carbocycles. The van der Waals surface area contributed by atoms with Gasteiger partial charge in [-0.3, -0.25) is 0 Å². The second-order valence-electron chi connectivity index (χ2n) is 7.35. The lowest BCUT2D eigenvalue weighted by Gasteiger charge is -2.21. The highest BCUT2D eigenvalue weighted by Gasteiger charge is 2.06. The second-order valence-corrected chi connectivity index (χ2v) is 8.34. The normalized spacial score (nSPS) is 11.4. The molecule has 3 nitrogen and oxygen atoms in total. The fraction of sp³-hybridized carbons (Fsp3) is 0.458. The Morgan fingerprint density at radius 1 is 0.857 bits per heavy atom. The Labute approximate surface area is 173 Å². The van der Waals surface area contributed by atoms with Crippen LogP contribution in [0.15, 0.2) is 48.5 Å². The van der Waals surface area contributed by atoms with Crippen LogP contribution in [-0.2, 0) is 6.42 Å².